The SMILES string of the molecule is CC(C)[C@@H]1CCN(CC2CCN(C(C)C)CC2)C[C@H]1C. The van der Waals surface area contributed by atoms with E-state index in [1.807, 2.05) is 0 Å². The summed E-state index contributed by atoms with van der Waals surface area (Å²) in [5, 5.41) is 0. The number of hydrogen-bond acceptors (Lipinski definition) is 2. The third kappa shape index (κ3) is 4.21. The summed E-state index contributed by atoms with van der Waals surface area (Å²) in [7, 11) is 0. The third-order valence-corrected chi connectivity index (χ3v) is 5.81. The Morgan fingerprint density at radius 2 is 1.60 bits per heavy atom. The Morgan fingerprint density at radius 1 is 0.950 bits per heavy atom. The summed E-state index contributed by atoms with van der Waals surface area (Å²) in [5.74, 6) is 3.66. The van der Waals surface area contributed by atoms with E-state index in [-0.39, 0.29) is 0 Å². The Balaban J connectivity index is 1.73. The van der Waals surface area contributed by atoms with E-state index in [2.05, 4.69) is 44.4 Å². The lowest BCUT2D eigenvalue weighted by molar-refractivity contribution is 0.0687. The van der Waals surface area contributed by atoms with Crippen LogP contribution in [0.3, 0.4) is 0 Å². The van der Waals surface area contributed by atoms with Gasteiger partial charge in [-0.3, -0.25) is 0 Å². The van der Waals surface area contributed by atoms with Crippen LogP contribution in [0.4, 0.5) is 0 Å². The van der Waals surface area contributed by atoms with Gasteiger partial charge in [0.15, 0.2) is 0 Å². The number of likely N-dealkylation sites (tertiary alicyclic amines) is 2. The van der Waals surface area contributed by atoms with Crippen molar-refractivity contribution in [2.45, 2.75) is 59.9 Å². The molecule has 0 aliphatic carbocycles. The summed E-state index contributed by atoms with van der Waals surface area (Å²) in [4.78, 5) is 5.41. The van der Waals surface area contributed by atoms with Crippen molar-refractivity contribution < 1.29 is 0 Å². The second-order valence-corrected chi connectivity index (χ2v) is 8.01. The van der Waals surface area contributed by atoms with Crippen molar-refractivity contribution in [2.75, 3.05) is 32.7 Å². The second-order valence-electron chi connectivity index (χ2n) is 8.01. The van der Waals surface area contributed by atoms with Crippen LogP contribution in [0.5, 0.6) is 0 Å². The Hall–Kier alpha value is -0.0800. The van der Waals surface area contributed by atoms with Crippen LogP contribution in [-0.2, 0) is 0 Å². The highest BCUT2D eigenvalue weighted by atomic mass is 15.2. The summed E-state index contributed by atoms with van der Waals surface area (Å²) >= 11 is 0. The first-order chi connectivity index (χ1) is 9.47. The van der Waals surface area contributed by atoms with Gasteiger partial charge in [-0.25, -0.2) is 0 Å². The monoisotopic (exact) mass is 280 g/mol. The molecule has 2 heteroatoms. The maximum atomic E-state index is 2.76. The first-order valence-corrected chi connectivity index (χ1v) is 8.93. The molecule has 0 N–H and O–H groups in total. The highest BCUT2D eigenvalue weighted by molar-refractivity contribution is 4.83. The Kier molecular flexibility index (Phi) is 5.92. The summed E-state index contributed by atoms with van der Waals surface area (Å²) in [6.07, 6.45) is 4.25. The molecule has 2 saturated heterocycles. The average Bonchev–Trinajstić information content (AvgIpc) is 2.39. The smallest absolute Gasteiger partial charge is 0.00385 e. The van der Waals surface area contributed by atoms with Crippen molar-refractivity contribution in [3.8, 4) is 0 Å². The van der Waals surface area contributed by atoms with Crippen LogP contribution >= 0.6 is 0 Å². The lowest BCUT2D eigenvalue weighted by Crippen LogP contribution is -2.45. The van der Waals surface area contributed by atoms with Gasteiger partial charge >= 0.3 is 0 Å². The maximum Gasteiger partial charge on any atom is 0.00385 e. The highest BCUT2D eigenvalue weighted by Crippen LogP contribution is 2.30. The second kappa shape index (κ2) is 7.26. The van der Waals surface area contributed by atoms with Crippen LogP contribution in [0, 0.1) is 23.7 Å². The van der Waals surface area contributed by atoms with Crippen molar-refractivity contribution in [3.05, 3.63) is 0 Å². The minimum Gasteiger partial charge on any atom is -0.303 e. The molecule has 0 unspecified atom stereocenters. The van der Waals surface area contributed by atoms with E-state index in [4.69, 9.17) is 0 Å². The van der Waals surface area contributed by atoms with E-state index < -0.39 is 0 Å². The fourth-order valence-corrected chi connectivity index (χ4v) is 4.42. The molecule has 0 radical (unpaired) electrons. The number of piperidine rings is 2. The molecule has 118 valence electrons. The van der Waals surface area contributed by atoms with Gasteiger partial charge in [0.2, 0.25) is 0 Å². The van der Waals surface area contributed by atoms with Crippen LogP contribution in [0.15, 0.2) is 0 Å². The van der Waals surface area contributed by atoms with Crippen molar-refractivity contribution in [2.24, 2.45) is 23.7 Å². The third-order valence-electron chi connectivity index (χ3n) is 5.81. The van der Waals surface area contributed by atoms with Gasteiger partial charge in [0, 0.05) is 19.1 Å². The van der Waals surface area contributed by atoms with Gasteiger partial charge < -0.3 is 9.80 Å². The predicted octanol–water partition coefficient (Wildman–Crippen LogP) is 3.72. The lowest BCUT2D eigenvalue weighted by Gasteiger charge is -2.42. The van der Waals surface area contributed by atoms with Crippen molar-refractivity contribution in [1.29, 1.82) is 0 Å². The zero-order valence-corrected chi connectivity index (χ0v) is 14.4. The van der Waals surface area contributed by atoms with Crippen LogP contribution in [0.1, 0.15) is 53.9 Å². The summed E-state index contributed by atoms with van der Waals surface area (Å²) < 4.78 is 0. The van der Waals surface area contributed by atoms with Gasteiger partial charge in [0.1, 0.15) is 0 Å². The molecule has 2 heterocycles. The maximum absolute atomic E-state index is 2.76. The molecule has 2 atom stereocenters. The molecule has 0 spiro atoms. The topological polar surface area (TPSA) is 6.48 Å². The normalized spacial score (nSPS) is 31.4. The van der Waals surface area contributed by atoms with Gasteiger partial charge in [-0.2, -0.15) is 0 Å². The summed E-state index contributed by atoms with van der Waals surface area (Å²) in [6, 6.07) is 0.734. The first-order valence-electron chi connectivity index (χ1n) is 8.93. The zero-order chi connectivity index (χ0) is 14.7. The molecule has 0 saturated carbocycles. The zero-order valence-electron chi connectivity index (χ0n) is 14.4. The summed E-state index contributed by atoms with van der Waals surface area (Å²) in [6.45, 7) is 18.6. The van der Waals surface area contributed by atoms with E-state index in [1.165, 1.54) is 52.0 Å². The van der Waals surface area contributed by atoms with Gasteiger partial charge in [-0.15, -0.1) is 0 Å². The largest absolute Gasteiger partial charge is 0.303 e. The molecule has 2 fully saturated rings. The molecule has 0 aromatic carbocycles. The van der Waals surface area contributed by atoms with Crippen molar-refractivity contribution >= 4 is 0 Å². The van der Waals surface area contributed by atoms with Crippen LogP contribution in [-0.4, -0.2) is 48.6 Å². The number of hydrogen-bond donors (Lipinski definition) is 0. The van der Waals surface area contributed by atoms with Crippen molar-refractivity contribution in [1.82, 2.24) is 9.80 Å². The highest BCUT2D eigenvalue weighted by Gasteiger charge is 2.30. The van der Waals surface area contributed by atoms with E-state index in [9.17, 15) is 0 Å². The number of rotatable bonds is 4. The molecule has 0 amide bonds. The lowest BCUT2D eigenvalue weighted by atomic mass is 9.79. The van der Waals surface area contributed by atoms with Gasteiger partial charge in [-0.1, -0.05) is 20.8 Å². The average molecular weight is 280 g/mol. The van der Waals surface area contributed by atoms with E-state index in [0.29, 0.717) is 0 Å². The van der Waals surface area contributed by atoms with Crippen LogP contribution < -0.4 is 0 Å². The van der Waals surface area contributed by atoms with Gasteiger partial charge in [0.25, 0.3) is 0 Å². The summed E-state index contributed by atoms with van der Waals surface area (Å²) in [5.41, 5.74) is 0. The minimum absolute atomic E-state index is 0.734. The molecule has 2 aliphatic heterocycles. The predicted molar refractivity (Wildman–Crippen MR) is 88.0 cm³/mol. The Morgan fingerprint density at radius 3 is 2.10 bits per heavy atom. The molecule has 2 nitrogen and oxygen atoms in total. The Labute approximate surface area is 126 Å². The molecule has 20 heavy (non-hydrogen) atoms. The van der Waals surface area contributed by atoms with Crippen molar-refractivity contribution in [3.63, 3.8) is 0 Å². The standard InChI is InChI=1S/C18H36N2/c1-14(2)18-8-9-19(12-16(18)5)13-17-6-10-20(11-7-17)15(3)4/h14-18H,6-13H2,1-5H3/t16-,18+/m1/s1. The van der Waals surface area contributed by atoms with Gasteiger partial charge in [-0.05, 0) is 76.4 Å². The molecule has 0 aromatic rings. The van der Waals surface area contributed by atoms with Crippen LogP contribution in [0.2, 0.25) is 0 Å². The van der Waals surface area contributed by atoms with Crippen LogP contribution in [0.25, 0.3) is 0 Å². The molecule has 2 aliphatic rings. The van der Waals surface area contributed by atoms with Gasteiger partial charge in [0.05, 0.1) is 0 Å². The fourth-order valence-electron chi connectivity index (χ4n) is 4.42. The Bertz CT molecular complexity index is 279. The first kappa shape index (κ1) is 16.3. The number of nitrogens with zero attached hydrogens (tertiary/aromatic N) is 2. The molecular formula is C18H36N2. The van der Waals surface area contributed by atoms with E-state index in [1.54, 1.807) is 0 Å². The molecular weight excluding hydrogens is 244 g/mol. The molecule has 2 rings (SSSR count). The van der Waals surface area contributed by atoms with E-state index in [0.717, 1.165) is 29.7 Å². The fraction of sp³-hybridized carbons (Fsp3) is 1.00. The minimum atomic E-state index is 0.734. The molecule has 0 aromatic heterocycles. The van der Waals surface area contributed by atoms with E-state index >= 15 is 0 Å². The quantitative estimate of drug-likeness (QED) is 0.774. The molecule has 0 bridgehead atoms.